The molecule has 0 amide bonds. The van der Waals surface area contributed by atoms with E-state index in [1.165, 1.54) is 37.8 Å². The molecule has 25 heavy (non-hydrogen) atoms. The second-order valence-electron chi connectivity index (χ2n) is 7.20. The van der Waals surface area contributed by atoms with Crippen molar-refractivity contribution in [1.82, 2.24) is 10.2 Å². The number of guanidine groups is 1. The van der Waals surface area contributed by atoms with Crippen LogP contribution in [0.15, 0.2) is 23.2 Å². The molecule has 1 spiro atoms. The molecule has 5 nitrogen and oxygen atoms in total. The molecule has 0 unspecified atom stereocenters. The SMILES string of the molecule is CCNC(=NCCc1ccc(OC)c(OC)c1)N1CCC2(CCC2)C1. The topological polar surface area (TPSA) is 46.1 Å². The van der Waals surface area contributed by atoms with Crippen LogP contribution in [0.4, 0.5) is 0 Å². The van der Waals surface area contributed by atoms with E-state index in [-0.39, 0.29) is 0 Å². The summed E-state index contributed by atoms with van der Waals surface area (Å²) in [6.45, 7) is 6.15. The van der Waals surface area contributed by atoms with Crippen molar-refractivity contribution < 1.29 is 9.47 Å². The summed E-state index contributed by atoms with van der Waals surface area (Å²) in [6.07, 6.45) is 6.42. The number of hydrogen-bond donors (Lipinski definition) is 1. The first-order valence-electron chi connectivity index (χ1n) is 9.44. The van der Waals surface area contributed by atoms with Crippen molar-refractivity contribution in [2.75, 3.05) is 40.4 Å². The fraction of sp³-hybridized carbons (Fsp3) is 0.650. The second kappa shape index (κ2) is 7.98. The van der Waals surface area contributed by atoms with Crippen LogP contribution in [0, 0.1) is 5.41 Å². The fourth-order valence-electron chi connectivity index (χ4n) is 3.95. The number of nitrogens with zero attached hydrogens (tertiary/aromatic N) is 2. The normalized spacial score (nSPS) is 19.0. The lowest BCUT2D eigenvalue weighted by Gasteiger charge is -2.38. The number of benzene rings is 1. The van der Waals surface area contributed by atoms with Gasteiger partial charge in [-0.15, -0.1) is 0 Å². The molecule has 1 aliphatic heterocycles. The summed E-state index contributed by atoms with van der Waals surface area (Å²) in [7, 11) is 3.34. The van der Waals surface area contributed by atoms with E-state index < -0.39 is 0 Å². The lowest BCUT2D eigenvalue weighted by Crippen LogP contribution is -2.42. The Kier molecular flexibility index (Phi) is 5.71. The highest BCUT2D eigenvalue weighted by Gasteiger charge is 2.43. The standard InChI is InChI=1S/C20H31N3O2/c1-4-21-19(23-13-11-20(15-23)9-5-10-20)22-12-8-16-6-7-17(24-2)18(14-16)25-3/h6-7,14H,4-5,8-13,15H2,1-3H3,(H,21,22). The Labute approximate surface area is 151 Å². The van der Waals surface area contributed by atoms with E-state index in [0.29, 0.717) is 5.41 Å². The van der Waals surface area contributed by atoms with Crippen LogP contribution in [0.25, 0.3) is 0 Å². The van der Waals surface area contributed by atoms with Gasteiger partial charge in [0.05, 0.1) is 14.2 Å². The molecule has 1 saturated heterocycles. The van der Waals surface area contributed by atoms with Gasteiger partial charge in [0.25, 0.3) is 0 Å². The van der Waals surface area contributed by atoms with Crippen molar-refractivity contribution in [3.8, 4) is 11.5 Å². The lowest BCUT2D eigenvalue weighted by atomic mass is 9.68. The number of likely N-dealkylation sites (tertiary alicyclic amines) is 1. The molecule has 3 rings (SSSR count). The average molecular weight is 345 g/mol. The molecule has 5 heteroatoms. The van der Waals surface area contributed by atoms with Gasteiger partial charge in [-0.25, -0.2) is 0 Å². The minimum Gasteiger partial charge on any atom is -0.493 e. The summed E-state index contributed by atoms with van der Waals surface area (Å²) < 4.78 is 10.7. The van der Waals surface area contributed by atoms with Gasteiger partial charge < -0.3 is 19.7 Å². The first kappa shape index (κ1) is 17.9. The predicted molar refractivity (Wildman–Crippen MR) is 102 cm³/mol. The van der Waals surface area contributed by atoms with Gasteiger partial charge in [-0.3, -0.25) is 4.99 Å². The van der Waals surface area contributed by atoms with Gasteiger partial charge in [-0.05, 0) is 55.7 Å². The van der Waals surface area contributed by atoms with Crippen molar-refractivity contribution in [2.45, 2.75) is 39.0 Å². The highest BCUT2D eigenvalue weighted by molar-refractivity contribution is 5.80. The van der Waals surface area contributed by atoms with Crippen LogP contribution in [0.1, 0.15) is 38.2 Å². The number of hydrogen-bond acceptors (Lipinski definition) is 3. The third kappa shape index (κ3) is 4.02. The minimum absolute atomic E-state index is 0.597. The molecule has 0 aromatic heterocycles. The van der Waals surface area contributed by atoms with Crippen LogP contribution in [0.2, 0.25) is 0 Å². The summed E-state index contributed by atoms with van der Waals surface area (Å²) in [6, 6.07) is 6.09. The van der Waals surface area contributed by atoms with Gasteiger partial charge >= 0.3 is 0 Å². The van der Waals surface area contributed by atoms with Gasteiger partial charge in [0.1, 0.15) is 0 Å². The summed E-state index contributed by atoms with van der Waals surface area (Å²) >= 11 is 0. The second-order valence-corrected chi connectivity index (χ2v) is 7.20. The number of methoxy groups -OCH3 is 2. The number of aliphatic imine (C=N–C) groups is 1. The first-order chi connectivity index (χ1) is 12.2. The van der Waals surface area contributed by atoms with E-state index >= 15 is 0 Å². The van der Waals surface area contributed by atoms with E-state index in [9.17, 15) is 0 Å². The molecule has 0 bridgehead atoms. The van der Waals surface area contributed by atoms with Crippen molar-refractivity contribution in [2.24, 2.45) is 10.4 Å². The van der Waals surface area contributed by atoms with E-state index in [1.54, 1.807) is 14.2 Å². The summed E-state index contributed by atoms with van der Waals surface area (Å²) in [5.41, 5.74) is 1.81. The van der Waals surface area contributed by atoms with Gasteiger partial charge in [0, 0.05) is 26.2 Å². The van der Waals surface area contributed by atoms with Crippen LogP contribution in [-0.4, -0.2) is 51.3 Å². The number of rotatable bonds is 6. The van der Waals surface area contributed by atoms with E-state index in [1.807, 2.05) is 12.1 Å². The zero-order valence-corrected chi connectivity index (χ0v) is 15.8. The van der Waals surface area contributed by atoms with Crippen LogP contribution in [0.3, 0.4) is 0 Å². The Bertz CT molecular complexity index is 611. The summed E-state index contributed by atoms with van der Waals surface area (Å²) in [4.78, 5) is 7.33. The average Bonchev–Trinajstić information content (AvgIpc) is 3.07. The van der Waals surface area contributed by atoms with Gasteiger partial charge in [-0.2, -0.15) is 0 Å². The highest BCUT2D eigenvalue weighted by Crippen LogP contribution is 2.47. The number of ether oxygens (including phenoxy) is 2. The Balaban J connectivity index is 1.60. The Hall–Kier alpha value is -1.91. The zero-order chi connectivity index (χ0) is 17.7. The molecule has 1 aromatic carbocycles. The van der Waals surface area contributed by atoms with E-state index in [2.05, 4.69) is 23.2 Å². The molecule has 2 aliphatic rings. The monoisotopic (exact) mass is 345 g/mol. The number of nitrogens with one attached hydrogen (secondary N) is 1. The zero-order valence-electron chi connectivity index (χ0n) is 15.8. The van der Waals surface area contributed by atoms with E-state index in [4.69, 9.17) is 14.5 Å². The molecule has 0 atom stereocenters. The molecule has 0 radical (unpaired) electrons. The van der Waals surface area contributed by atoms with Crippen LogP contribution in [0.5, 0.6) is 11.5 Å². The fourth-order valence-corrected chi connectivity index (χ4v) is 3.95. The Morgan fingerprint density at radius 3 is 2.60 bits per heavy atom. The maximum absolute atomic E-state index is 5.38. The molecule has 138 valence electrons. The molecule has 1 saturated carbocycles. The minimum atomic E-state index is 0.597. The van der Waals surface area contributed by atoms with Gasteiger partial charge in [0.2, 0.25) is 0 Å². The lowest BCUT2D eigenvalue weighted by molar-refractivity contribution is 0.151. The molecular weight excluding hydrogens is 314 g/mol. The quantitative estimate of drug-likeness (QED) is 0.636. The van der Waals surface area contributed by atoms with Crippen LogP contribution < -0.4 is 14.8 Å². The first-order valence-corrected chi connectivity index (χ1v) is 9.44. The largest absolute Gasteiger partial charge is 0.493 e. The van der Waals surface area contributed by atoms with Gasteiger partial charge in [0.15, 0.2) is 17.5 Å². The Morgan fingerprint density at radius 1 is 1.20 bits per heavy atom. The van der Waals surface area contributed by atoms with Crippen molar-refractivity contribution in [1.29, 1.82) is 0 Å². The maximum atomic E-state index is 5.38. The van der Waals surface area contributed by atoms with Crippen LogP contribution >= 0.6 is 0 Å². The van der Waals surface area contributed by atoms with Crippen molar-refractivity contribution >= 4 is 5.96 Å². The molecule has 1 N–H and O–H groups in total. The third-order valence-electron chi connectivity index (χ3n) is 5.60. The van der Waals surface area contributed by atoms with Crippen molar-refractivity contribution in [3.63, 3.8) is 0 Å². The molecule has 1 aliphatic carbocycles. The van der Waals surface area contributed by atoms with Gasteiger partial charge in [-0.1, -0.05) is 12.5 Å². The maximum Gasteiger partial charge on any atom is 0.193 e. The molecular formula is C20H31N3O2. The van der Waals surface area contributed by atoms with E-state index in [0.717, 1.165) is 43.5 Å². The Morgan fingerprint density at radius 2 is 2.00 bits per heavy atom. The summed E-state index contributed by atoms with van der Waals surface area (Å²) in [5, 5.41) is 3.47. The smallest absolute Gasteiger partial charge is 0.193 e. The predicted octanol–water partition coefficient (Wildman–Crippen LogP) is 3.09. The highest BCUT2D eigenvalue weighted by atomic mass is 16.5. The summed E-state index contributed by atoms with van der Waals surface area (Å²) in [5.74, 6) is 2.63. The molecule has 2 fully saturated rings. The van der Waals surface area contributed by atoms with Crippen LogP contribution in [-0.2, 0) is 6.42 Å². The molecule has 1 heterocycles. The van der Waals surface area contributed by atoms with Crippen molar-refractivity contribution in [3.05, 3.63) is 23.8 Å². The molecule has 1 aromatic rings. The third-order valence-corrected chi connectivity index (χ3v) is 5.60.